The number of carbonyl (C=O) groups is 1. The van der Waals surface area contributed by atoms with Crippen molar-refractivity contribution in [1.82, 2.24) is 9.97 Å². The van der Waals surface area contributed by atoms with E-state index in [0.717, 1.165) is 29.3 Å². The summed E-state index contributed by atoms with van der Waals surface area (Å²) in [5, 5.41) is 6.33. The minimum atomic E-state index is -0.302. The number of ether oxygens (including phenoxy) is 1. The van der Waals surface area contributed by atoms with E-state index in [1.54, 1.807) is 18.5 Å². The van der Waals surface area contributed by atoms with Crippen molar-refractivity contribution in [2.45, 2.75) is 32.8 Å². The molecule has 0 saturated carbocycles. The monoisotopic (exact) mass is 423 g/mol. The minimum absolute atomic E-state index is 0.302. The number of anilines is 3. The van der Waals surface area contributed by atoms with Crippen molar-refractivity contribution in [3.8, 4) is 5.88 Å². The Kier molecular flexibility index (Phi) is 6.44. The summed E-state index contributed by atoms with van der Waals surface area (Å²) in [5.74, 6) is 0.558. The first-order valence-corrected chi connectivity index (χ1v) is 10.9. The van der Waals surface area contributed by atoms with E-state index in [1.165, 1.54) is 36.2 Å². The highest BCUT2D eigenvalue weighted by molar-refractivity contribution is 7.15. The van der Waals surface area contributed by atoms with E-state index in [4.69, 9.17) is 4.74 Å². The summed E-state index contributed by atoms with van der Waals surface area (Å²) in [7, 11) is 0. The number of aromatic nitrogens is 2. The lowest BCUT2D eigenvalue weighted by Gasteiger charge is -2.30. The third kappa shape index (κ3) is 5.27. The summed E-state index contributed by atoms with van der Waals surface area (Å²) >= 11 is 1.38. The van der Waals surface area contributed by atoms with E-state index in [1.807, 2.05) is 24.3 Å². The Morgan fingerprint density at radius 1 is 1.13 bits per heavy atom. The zero-order chi connectivity index (χ0) is 20.8. The van der Waals surface area contributed by atoms with E-state index in [9.17, 15) is 4.79 Å². The van der Waals surface area contributed by atoms with Crippen LogP contribution in [0.1, 0.15) is 29.7 Å². The third-order valence-corrected chi connectivity index (χ3v) is 5.76. The molecule has 2 N–H and O–H groups in total. The van der Waals surface area contributed by atoms with Crippen LogP contribution in [0.25, 0.3) is 0 Å². The van der Waals surface area contributed by atoms with Gasteiger partial charge in [-0.05, 0) is 49.9 Å². The standard InChI is InChI=1S/C22H25N5O2S/c1-16-8-9-18(19(13-16)27-11-5-2-6-12-27)25-21(28)26-22-24-14-17(30-22)15-29-20-7-3-4-10-23-20/h3-4,7-10,13-14H,2,5-6,11-12,15H2,1H3,(H2,24,25,26,28). The predicted molar refractivity (Wildman–Crippen MR) is 121 cm³/mol. The molecule has 0 spiro atoms. The number of thiazole rings is 1. The summed E-state index contributed by atoms with van der Waals surface area (Å²) in [5.41, 5.74) is 3.07. The van der Waals surface area contributed by atoms with Crippen molar-refractivity contribution in [1.29, 1.82) is 0 Å². The average molecular weight is 424 g/mol. The molecule has 1 fully saturated rings. The maximum Gasteiger partial charge on any atom is 0.325 e. The number of pyridine rings is 1. The first kappa shape index (κ1) is 20.2. The van der Waals surface area contributed by atoms with Gasteiger partial charge in [-0.25, -0.2) is 14.8 Å². The van der Waals surface area contributed by atoms with E-state index in [-0.39, 0.29) is 6.03 Å². The highest BCUT2D eigenvalue weighted by atomic mass is 32.1. The number of hydrogen-bond donors (Lipinski definition) is 2. The lowest BCUT2D eigenvalue weighted by atomic mass is 10.1. The smallest absolute Gasteiger partial charge is 0.325 e. The van der Waals surface area contributed by atoms with Crippen molar-refractivity contribution < 1.29 is 9.53 Å². The second-order valence-electron chi connectivity index (χ2n) is 7.24. The number of amides is 2. The molecule has 0 atom stereocenters. The van der Waals surface area contributed by atoms with Crippen molar-refractivity contribution in [2.24, 2.45) is 0 Å². The molecule has 0 aliphatic carbocycles. The SMILES string of the molecule is Cc1ccc(NC(=O)Nc2ncc(COc3ccccn3)s2)c(N2CCCCC2)c1. The fourth-order valence-corrected chi connectivity index (χ4v) is 4.12. The van der Waals surface area contributed by atoms with Crippen molar-refractivity contribution in [2.75, 3.05) is 28.6 Å². The Morgan fingerprint density at radius 2 is 2.00 bits per heavy atom. The Hall–Kier alpha value is -3.13. The maximum absolute atomic E-state index is 12.6. The van der Waals surface area contributed by atoms with Crippen LogP contribution in [0.4, 0.5) is 21.3 Å². The molecule has 4 rings (SSSR count). The van der Waals surface area contributed by atoms with E-state index < -0.39 is 0 Å². The van der Waals surface area contributed by atoms with Crippen LogP contribution in [0, 0.1) is 6.92 Å². The van der Waals surface area contributed by atoms with Crippen LogP contribution in [-0.2, 0) is 6.61 Å². The molecule has 156 valence electrons. The molecule has 2 aromatic heterocycles. The molecule has 2 amide bonds. The Balaban J connectivity index is 1.36. The molecular weight excluding hydrogens is 398 g/mol. The van der Waals surface area contributed by atoms with Gasteiger partial charge >= 0.3 is 6.03 Å². The molecule has 0 bridgehead atoms. The summed E-state index contributed by atoms with van der Waals surface area (Å²) in [4.78, 5) is 24.2. The zero-order valence-electron chi connectivity index (χ0n) is 16.9. The second-order valence-corrected chi connectivity index (χ2v) is 8.35. The van der Waals surface area contributed by atoms with Gasteiger partial charge in [-0.2, -0.15) is 0 Å². The molecule has 1 aliphatic rings. The first-order valence-electron chi connectivity index (χ1n) is 10.1. The number of piperidine rings is 1. The van der Waals surface area contributed by atoms with Crippen LogP contribution in [0.15, 0.2) is 48.8 Å². The van der Waals surface area contributed by atoms with Gasteiger partial charge in [-0.1, -0.05) is 23.5 Å². The number of rotatable bonds is 6. The average Bonchev–Trinajstić information content (AvgIpc) is 3.22. The van der Waals surface area contributed by atoms with Gasteiger partial charge in [0.1, 0.15) is 6.61 Å². The quantitative estimate of drug-likeness (QED) is 0.579. The Morgan fingerprint density at radius 3 is 2.80 bits per heavy atom. The first-order chi connectivity index (χ1) is 14.7. The molecule has 3 heterocycles. The molecule has 8 heteroatoms. The van der Waals surface area contributed by atoms with Crippen molar-refractivity contribution >= 4 is 33.9 Å². The van der Waals surface area contributed by atoms with Gasteiger partial charge in [-0.15, -0.1) is 0 Å². The number of benzene rings is 1. The van der Waals surface area contributed by atoms with Crippen LogP contribution in [0.2, 0.25) is 0 Å². The largest absolute Gasteiger partial charge is 0.472 e. The van der Waals surface area contributed by atoms with Gasteiger partial charge in [-0.3, -0.25) is 5.32 Å². The van der Waals surface area contributed by atoms with E-state index in [2.05, 4.69) is 38.5 Å². The molecule has 7 nitrogen and oxygen atoms in total. The number of aryl methyl sites for hydroxylation is 1. The fourth-order valence-electron chi connectivity index (χ4n) is 3.40. The molecule has 3 aromatic rings. The number of nitrogens with zero attached hydrogens (tertiary/aromatic N) is 3. The summed E-state index contributed by atoms with van der Waals surface area (Å²) in [6.07, 6.45) is 7.02. The number of nitrogens with one attached hydrogen (secondary N) is 2. The van der Waals surface area contributed by atoms with Crippen LogP contribution < -0.4 is 20.3 Å². The van der Waals surface area contributed by atoms with Gasteiger partial charge in [0.2, 0.25) is 5.88 Å². The fraction of sp³-hybridized carbons (Fsp3) is 0.318. The van der Waals surface area contributed by atoms with Crippen LogP contribution in [0.5, 0.6) is 5.88 Å². The number of carbonyl (C=O) groups excluding carboxylic acids is 1. The van der Waals surface area contributed by atoms with Crippen molar-refractivity contribution in [3.63, 3.8) is 0 Å². The lowest BCUT2D eigenvalue weighted by molar-refractivity contribution is 0.262. The summed E-state index contributed by atoms with van der Waals surface area (Å²) < 4.78 is 5.63. The molecular formula is C22H25N5O2S. The highest BCUT2D eigenvalue weighted by Crippen LogP contribution is 2.30. The van der Waals surface area contributed by atoms with Gasteiger partial charge < -0.3 is 15.0 Å². The summed E-state index contributed by atoms with van der Waals surface area (Å²) in [6.45, 7) is 4.47. The minimum Gasteiger partial charge on any atom is -0.472 e. The maximum atomic E-state index is 12.6. The predicted octanol–water partition coefficient (Wildman–Crippen LogP) is 5.06. The molecule has 0 unspecified atom stereocenters. The topological polar surface area (TPSA) is 79.4 Å². The third-order valence-electron chi connectivity index (χ3n) is 4.87. The summed E-state index contributed by atoms with van der Waals surface area (Å²) in [6, 6.07) is 11.3. The molecule has 30 heavy (non-hydrogen) atoms. The van der Waals surface area contributed by atoms with Crippen LogP contribution >= 0.6 is 11.3 Å². The van der Waals surface area contributed by atoms with Gasteiger partial charge in [0, 0.05) is 31.5 Å². The number of hydrogen-bond acceptors (Lipinski definition) is 6. The van der Waals surface area contributed by atoms with Crippen LogP contribution in [-0.4, -0.2) is 29.1 Å². The highest BCUT2D eigenvalue weighted by Gasteiger charge is 2.16. The van der Waals surface area contributed by atoms with Crippen LogP contribution in [0.3, 0.4) is 0 Å². The van der Waals surface area contributed by atoms with Crippen molar-refractivity contribution in [3.05, 3.63) is 59.2 Å². The molecule has 1 aliphatic heterocycles. The van der Waals surface area contributed by atoms with Gasteiger partial charge in [0.25, 0.3) is 0 Å². The molecule has 0 radical (unpaired) electrons. The Bertz CT molecular complexity index is 986. The number of urea groups is 1. The van der Waals surface area contributed by atoms with Gasteiger partial charge in [0.15, 0.2) is 5.13 Å². The lowest BCUT2D eigenvalue weighted by Crippen LogP contribution is -2.31. The van der Waals surface area contributed by atoms with Gasteiger partial charge in [0.05, 0.1) is 16.3 Å². The Labute approximate surface area is 180 Å². The molecule has 1 aromatic carbocycles. The normalized spacial score (nSPS) is 13.7. The van der Waals surface area contributed by atoms with E-state index >= 15 is 0 Å². The second kappa shape index (κ2) is 9.58. The zero-order valence-corrected chi connectivity index (χ0v) is 17.7. The van der Waals surface area contributed by atoms with E-state index in [0.29, 0.717) is 17.6 Å². The molecule has 1 saturated heterocycles.